The second kappa shape index (κ2) is 10.7. The highest BCUT2D eigenvalue weighted by Crippen LogP contribution is 2.26. The molecule has 4 rings (SSSR count). The average Bonchev–Trinajstić information content (AvgIpc) is 3.21. The van der Waals surface area contributed by atoms with E-state index in [1.165, 1.54) is 11.8 Å². The molecule has 0 saturated carbocycles. The van der Waals surface area contributed by atoms with Crippen LogP contribution in [0.2, 0.25) is 0 Å². The van der Waals surface area contributed by atoms with Crippen molar-refractivity contribution in [3.8, 4) is 0 Å². The van der Waals surface area contributed by atoms with E-state index < -0.39 is 0 Å². The van der Waals surface area contributed by atoms with Gasteiger partial charge in [0.25, 0.3) is 5.91 Å². The number of thioether (sulfide) groups is 1. The van der Waals surface area contributed by atoms with Crippen LogP contribution < -0.4 is 10.6 Å². The smallest absolute Gasteiger partial charge is 0.251 e. The number of carbonyl (C=O) groups is 2. The molecule has 0 spiro atoms. The molecular formula is C27H29N5O2S. The van der Waals surface area contributed by atoms with Crippen molar-refractivity contribution in [3.63, 3.8) is 0 Å². The summed E-state index contributed by atoms with van der Waals surface area (Å²) < 4.78 is 1.84. The van der Waals surface area contributed by atoms with Gasteiger partial charge in [-0.2, -0.15) is 0 Å². The van der Waals surface area contributed by atoms with Crippen molar-refractivity contribution >= 4 is 40.0 Å². The van der Waals surface area contributed by atoms with Crippen LogP contribution in [-0.4, -0.2) is 32.3 Å². The molecule has 0 unspecified atom stereocenters. The highest BCUT2D eigenvalue weighted by atomic mass is 32.2. The van der Waals surface area contributed by atoms with E-state index in [0.29, 0.717) is 16.5 Å². The van der Waals surface area contributed by atoms with E-state index in [1.807, 2.05) is 93.0 Å². The summed E-state index contributed by atoms with van der Waals surface area (Å²) in [5.41, 5.74) is 2.42. The zero-order valence-electron chi connectivity index (χ0n) is 20.3. The van der Waals surface area contributed by atoms with Crippen LogP contribution in [0.25, 0.3) is 10.8 Å². The lowest BCUT2D eigenvalue weighted by atomic mass is 10.0. The summed E-state index contributed by atoms with van der Waals surface area (Å²) in [6, 6.07) is 20.9. The third kappa shape index (κ3) is 5.71. The molecule has 0 aliphatic carbocycles. The fourth-order valence-electron chi connectivity index (χ4n) is 3.91. The number of carbonyl (C=O) groups excluding carboxylic acids is 2. The van der Waals surface area contributed by atoms with E-state index in [2.05, 4.69) is 20.8 Å². The molecule has 0 saturated heterocycles. The van der Waals surface area contributed by atoms with Gasteiger partial charge < -0.3 is 15.2 Å². The molecule has 0 bridgehead atoms. The summed E-state index contributed by atoms with van der Waals surface area (Å²) >= 11 is 1.31. The second-order valence-corrected chi connectivity index (χ2v) is 9.77. The van der Waals surface area contributed by atoms with Gasteiger partial charge >= 0.3 is 0 Å². The number of aryl methyl sites for hydroxylation is 1. The van der Waals surface area contributed by atoms with E-state index >= 15 is 0 Å². The molecule has 4 aromatic rings. The Morgan fingerprint density at radius 1 is 1.00 bits per heavy atom. The average molecular weight is 488 g/mol. The summed E-state index contributed by atoms with van der Waals surface area (Å²) in [5.74, 6) is 0.664. The molecule has 2 amide bonds. The maximum atomic E-state index is 12.9. The zero-order chi connectivity index (χ0) is 24.9. The van der Waals surface area contributed by atoms with Crippen LogP contribution in [0.4, 0.5) is 5.69 Å². The summed E-state index contributed by atoms with van der Waals surface area (Å²) in [5, 5.41) is 17.4. The highest BCUT2D eigenvalue weighted by molar-refractivity contribution is 7.99. The maximum absolute atomic E-state index is 12.9. The lowest BCUT2D eigenvalue weighted by Gasteiger charge is -2.21. The van der Waals surface area contributed by atoms with Gasteiger partial charge in [0.05, 0.1) is 11.8 Å². The first-order chi connectivity index (χ1) is 16.8. The van der Waals surface area contributed by atoms with Crippen molar-refractivity contribution < 1.29 is 9.59 Å². The normalized spacial score (nSPS) is 12.0. The Bertz CT molecular complexity index is 1360. The molecule has 1 aromatic heterocycles. The number of amides is 2. The van der Waals surface area contributed by atoms with Crippen LogP contribution in [0.15, 0.2) is 71.9 Å². The Hall–Kier alpha value is -3.65. The SMILES string of the molecule is Cc1cccc(C(=O)N[C@H](c2nnc(SCC(=O)Nc3cccc4ccccc34)n2C)C(C)C)c1. The summed E-state index contributed by atoms with van der Waals surface area (Å²) in [7, 11) is 1.86. The predicted octanol–water partition coefficient (Wildman–Crippen LogP) is 5.13. The summed E-state index contributed by atoms with van der Waals surface area (Å²) in [6.07, 6.45) is 0. The summed E-state index contributed by atoms with van der Waals surface area (Å²) in [6.45, 7) is 6.01. The standard InChI is InChI=1S/C27H29N5O2S/c1-17(2)24(29-26(34)20-12-7-9-18(3)15-20)25-30-31-27(32(25)4)35-16-23(33)28-22-14-8-11-19-10-5-6-13-21(19)22/h5-15,17,24H,16H2,1-4H3,(H,28,33)(H,29,34)/t24-/m0/s1. The largest absolute Gasteiger partial charge is 0.342 e. The Morgan fingerprint density at radius 2 is 1.74 bits per heavy atom. The van der Waals surface area contributed by atoms with E-state index in [4.69, 9.17) is 0 Å². The molecule has 0 aliphatic heterocycles. The first kappa shape index (κ1) is 24.5. The van der Waals surface area contributed by atoms with Crippen molar-refractivity contribution in [1.82, 2.24) is 20.1 Å². The first-order valence-corrected chi connectivity index (χ1v) is 12.5. The fourth-order valence-corrected chi connectivity index (χ4v) is 4.63. The van der Waals surface area contributed by atoms with E-state index in [0.717, 1.165) is 22.0 Å². The van der Waals surface area contributed by atoms with Crippen LogP contribution in [0.1, 0.15) is 41.6 Å². The van der Waals surface area contributed by atoms with Crippen molar-refractivity contribution in [2.24, 2.45) is 13.0 Å². The minimum atomic E-state index is -0.320. The van der Waals surface area contributed by atoms with Crippen LogP contribution >= 0.6 is 11.8 Å². The number of nitrogens with zero attached hydrogens (tertiary/aromatic N) is 3. The van der Waals surface area contributed by atoms with Crippen molar-refractivity contribution in [2.75, 3.05) is 11.1 Å². The van der Waals surface area contributed by atoms with Gasteiger partial charge in [-0.25, -0.2) is 0 Å². The van der Waals surface area contributed by atoms with E-state index in [1.54, 1.807) is 6.07 Å². The van der Waals surface area contributed by atoms with Crippen molar-refractivity contribution in [2.45, 2.75) is 32.0 Å². The molecule has 3 aromatic carbocycles. The molecule has 8 heteroatoms. The zero-order valence-corrected chi connectivity index (χ0v) is 21.1. The molecule has 7 nitrogen and oxygen atoms in total. The molecular weight excluding hydrogens is 458 g/mol. The number of aromatic nitrogens is 3. The Kier molecular flexibility index (Phi) is 7.51. The molecule has 35 heavy (non-hydrogen) atoms. The van der Waals surface area contributed by atoms with Gasteiger partial charge in [-0.15, -0.1) is 10.2 Å². The van der Waals surface area contributed by atoms with Crippen LogP contribution in [0.3, 0.4) is 0 Å². The van der Waals surface area contributed by atoms with Gasteiger partial charge in [0.15, 0.2) is 11.0 Å². The van der Waals surface area contributed by atoms with Gasteiger partial charge in [-0.3, -0.25) is 9.59 Å². The van der Waals surface area contributed by atoms with Crippen LogP contribution in [-0.2, 0) is 11.8 Å². The van der Waals surface area contributed by atoms with Gasteiger partial charge in [-0.1, -0.05) is 79.7 Å². The fraction of sp³-hybridized carbons (Fsp3) is 0.259. The Labute approximate surface area is 209 Å². The predicted molar refractivity (Wildman–Crippen MR) is 141 cm³/mol. The second-order valence-electron chi connectivity index (χ2n) is 8.83. The number of fused-ring (bicyclic) bond motifs is 1. The minimum Gasteiger partial charge on any atom is -0.342 e. The number of hydrogen-bond acceptors (Lipinski definition) is 5. The van der Waals surface area contributed by atoms with Crippen LogP contribution in [0.5, 0.6) is 0 Å². The van der Waals surface area contributed by atoms with Gasteiger partial charge in [-0.05, 0) is 36.4 Å². The monoisotopic (exact) mass is 487 g/mol. The molecule has 1 atom stereocenters. The molecule has 2 N–H and O–H groups in total. The number of benzene rings is 3. The van der Waals surface area contributed by atoms with Gasteiger partial charge in [0, 0.05) is 23.7 Å². The lowest BCUT2D eigenvalue weighted by molar-refractivity contribution is -0.113. The van der Waals surface area contributed by atoms with E-state index in [9.17, 15) is 9.59 Å². The highest BCUT2D eigenvalue weighted by Gasteiger charge is 2.25. The molecule has 180 valence electrons. The lowest BCUT2D eigenvalue weighted by Crippen LogP contribution is -2.33. The molecule has 0 radical (unpaired) electrons. The third-order valence-electron chi connectivity index (χ3n) is 5.78. The molecule has 1 heterocycles. The van der Waals surface area contributed by atoms with Crippen LogP contribution in [0, 0.1) is 12.8 Å². The number of rotatable bonds is 8. The quantitative estimate of drug-likeness (QED) is 0.336. The molecule has 0 aliphatic rings. The topological polar surface area (TPSA) is 88.9 Å². The van der Waals surface area contributed by atoms with Crippen molar-refractivity contribution in [3.05, 3.63) is 83.7 Å². The number of hydrogen-bond donors (Lipinski definition) is 2. The van der Waals surface area contributed by atoms with E-state index in [-0.39, 0.29) is 29.5 Å². The number of nitrogens with one attached hydrogen (secondary N) is 2. The van der Waals surface area contributed by atoms with Gasteiger partial charge in [0.1, 0.15) is 0 Å². The van der Waals surface area contributed by atoms with Crippen molar-refractivity contribution in [1.29, 1.82) is 0 Å². The maximum Gasteiger partial charge on any atom is 0.251 e. The Morgan fingerprint density at radius 3 is 2.51 bits per heavy atom. The Balaban J connectivity index is 1.43. The minimum absolute atomic E-state index is 0.0965. The molecule has 0 fully saturated rings. The first-order valence-electron chi connectivity index (χ1n) is 11.5. The third-order valence-corrected chi connectivity index (χ3v) is 6.80. The van der Waals surface area contributed by atoms with Gasteiger partial charge in [0.2, 0.25) is 5.91 Å². The number of anilines is 1. The summed E-state index contributed by atoms with van der Waals surface area (Å²) in [4.78, 5) is 25.5.